The number of hydrogen-bond acceptors (Lipinski definition) is 5. The SMILES string of the molecule is CCc1cc(C#N)ccc1N(CC)CC(CC(C)(C)Nc1cccnn1)/C1=C(\C)C=C=CC=CC1. The van der Waals surface area contributed by atoms with E-state index in [9.17, 15) is 5.26 Å². The van der Waals surface area contributed by atoms with Crippen molar-refractivity contribution in [3.63, 3.8) is 0 Å². The molecule has 1 atom stereocenters. The highest BCUT2D eigenvalue weighted by Crippen LogP contribution is 2.33. The second kappa shape index (κ2) is 12.2. The number of allylic oxidation sites excluding steroid dienone is 4. The minimum absolute atomic E-state index is 0.197. The largest absolute Gasteiger partial charge is 0.371 e. The Hall–Kier alpha value is -3.61. The lowest BCUT2D eigenvalue weighted by Gasteiger charge is -2.37. The smallest absolute Gasteiger partial charge is 0.149 e. The molecule has 5 nitrogen and oxygen atoms in total. The topological polar surface area (TPSA) is 64.8 Å². The highest BCUT2D eigenvalue weighted by molar-refractivity contribution is 5.57. The average Bonchev–Trinajstić information content (AvgIpc) is 2.84. The van der Waals surface area contributed by atoms with E-state index < -0.39 is 0 Å². The molecule has 1 N–H and O–H groups in total. The van der Waals surface area contributed by atoms with Crippen molar-refractivity contribution in [2.75, 3.05) is 23.3 Å². The molecule has 0 saturated heterocycles. The molecule has 0 fully saturated rings. The maximum atomic E-state index is 9.38. The zero-order chi connectivity index (χ0) is 25.3. The van der Waals surface area contributed by atoms with Gasteiger partial charge in [-0.25, -0.2) is 0 Å². The molecule has 0 amide bonds. The van der Waals surface area contributed by atoms with Gasteiger partial charge in [0.05, 0.1) is 11.6 Å². The van der Waals surface area contributed by atoms with Gasteiger partial charge in [-0.3, -0.25) is 0 Å². The Labute approximate surface area is 210 Å². The van der Waals surface area contributed by atoms with Gasteiger partial charge in [0, 0.05) is 36.4 Å². The number of rotatable bonds is 10. The van der Waals surface area contributed by atoms with Gasteiger partial charge >= 0.3 is 0 Å². The highest BCUT2D eigenvalue weighted by atomic mass is 15.2. The van der Waals surface area contributed by atoms with Crippen molar-refractivity contribution < 1.29 is 0 Å². The zero-order valence-electron chi connectivity index (χ0n) is 21.7. The molecule has 1 aromatic heterocycles. The Morgan fingerprint density at radius 2 is 2.09 bits per heavy atom. The van der Waals surface area contributed by atoms with Crippen LogP contribution in [-0.2, 0) is 6.42 Å². The summed E-state index contributed by atoms with van der Waals surface area (Å²) in [6.45, 7) is 12.8. The Balaban J connectivity index is 1.97. The Kier molecular flexibility index (Phi) is 9.06. The number of nitrogens with zero attached hydrogens (tertiary/aromatic N) is 4. The van der Waals surface area contributed by atoms with Crippen molar-refractivity contribution in [3.05, 3.63) is 88.8 Å². The van der Waals surface area contributed by atoms with E-state index in [0.29, 0.717) is 11.5 Å². The normalized spacial score (nSPS) is 16.3. The lowest BCUT2D eigenvalue weighted by Crippen LogP contribution is -2.39. The molecular weight excluding hydrogens is 430 g/mol. The number of aromatic nitrogens is 2. The van der Waals surface area contributed by atoms with Crippen LogP contribution in [0.25, 0.3) is 0 Å². The highest BCUT2D eigenvalue weighted by Gasteiger charge is 2.28. The number of aryl methyl sites for hydroxylation is 1. The van der Waals surface area contributed by atoms with Gasteiger partial charge in [0.2, 0.25) is 0 Å². The first-order chi connectivity index (χ1) is 16.9. The van der Waals surface area contributed by atoms with Gasteiger partial charge in [-0.1, -0.05) is 24.6 Å². The summed E-state index contributed by atoms with van der Waals surface area (Å²) in [4.78, 5) is 2.46. The van der Waals surface area contributed by atoms with Crippen LogP contribution < -0.4 is 10.2 Å². The van der Waals surface area contributed by atoms with Crippen LogP contribution in [-0.4, -0.2) is 28.8 Å². The van der Waals surface area contributed by atoms with Gasteiger partial charge < -0.3 is 10.2 Å². The monoisotopic (exact) mass is 467 g/mol. The van der Waals surface area contributed by atoms with Crippen molar-refractivity contribution >= 4 is 11.5 Å². The van der Waals surface area contributed by atoms with Crippen LogP contribution >= 0.6 is 0 Å². The second-order valence-electron chi connectivity index (χ2n) is 9.68. The van der Waals surface area contributed by atoms with Crippen LogP contribution in [0, 0.1) is 17.2 Å². The summed E-state index contributed by atoms with van der Waals surface area (Å²) in [7, 11) is 0. The van der Waals surface area contributed by atoms with E-state index in [-0.39, 0.29) is 5.54 Å². The standard InChI is InChI=1S/C30H37N5/c1-6-25-19-24(21-31)16-17-28(25)35(7-2)22-26(27-14-11-9-8-10-13-23(27)3)20-30(4,5)33-29-15-12-18-32-34-29/h8-9,11-13,15-19,26H,6-7,14,20,22H2,1-5H3,(H,33,34)/b11-9?,27-23+. The first-order valence-corrected chi connectivity index (χ1v) is 12.5. The summed E-state index contributed by atoms with van der Waals surface area (Å²) in [5.41, 5.74) is 8.94. The molecule has 5 heteroatoms. The van der Waals surface area contributed by atoms with Crippen LogP contribution in [0.3, 0.4) is 0 Å². The van der Waals surface area contributed by atoms with Crippen molar-refractivity contribution in [1.29, 1.82) is 5.26 Å². The van der Waals surface area contributed by atoms with Crippen LogP contribution in [0.2, 0.25) is 0 Å². The third-order valence-corrected chi connectivity index (χ3v) is 6.51. The van der Waals surface area contributed by atoms with Crippen molar-refractivity contribution in [2.24, 2.45) is 5.92 Å². The molecule has 182 valence electrons. The molecular formula is C30H37N5. The van der Waals surface area contributed by atoms with Crippen molar-refractivity contribution in [3.8, 4) is 6.07 Å². The molecule has 0 spiro atoms. The van der Waals surface area contributed by atoms with E-state index in [1.54, 1.807) is 6.20 Å². The minimum atomic E-state index is -0.197. The zero-order valence-corrected chi connectivity index (χ0v) is 21.7. The third-order valence-electron chi connectivity index (χ3n) is 6.51. The van der Waals surface area contributed by atoms with Crippen LogP contribution in [0.4, 0.5) is 11.5 Å². The molecule has 0 saturated carbocycles. The van der Waals surface area contributed by atoms with Gasteiger partial charge in [0.1, 0.15) is 5.82 Å². The van der Waals surface area contributed by atoms with E-state index in [4.69, 9.17) is 0 Å². The maximum absolute atomic E-state index is 9.38. The van der Waals surface area contributed by atoms with Crippen molar-refractivity contribution in [1.82, 2.24) is 10.2 Å². The summed E-state index contributed by atoms with van der Waals surface area (Å²) in [6, 6.07) is 12.2. The number of nitriles is 1. The first-order valence-electron chi connectivity index (χ1n) is 12.5. The van der Waals surface area contributed by atoms with E-state index in [1.807, 2.05) is 30.3 Å². The Bertz CT molecular complexity index is 1160. The predicted octanol–water partition coefficient (Wildman–Crippen LogP) is 6.62. The number of nitrogens with one attached hydrogen (secondary N) is 1. The molecule has 1 unspecified atom stereocenters. The van der Waals surface area contributed by atoms with Crippen LogP contribution in [0.5, 0.6) is 0 Å². The average molecular weight is 468 g/mol. The van der Waals surface area contributed by atoms with Gasteiger partial charge in [-0.05, 0) is 101 Å². The Morgan fingerprint density at radius 3 is 2.77 bits per heavy atom. The fourth-order valence-corrected chi connectivity index (χ4v) is 4.82. The molecule has 0 bridgehead atoms. The molecule has 2 aromatic rings. The summed E-state index contributed by atoms with van der Waals surface area (Å²) in [5, 5.41) is 21.3. The van der Waals surface area contributed by atoms with Gasteiger partial charge in [0.15, 0.2) is 0 Å². The molecule has 1 heterocycles. The molecule has 35 heavy (non-hydrogen) atoms. The fraction of sp³-hybridized carbons (Fsp3) is 0.400. The van der Waals surface area contributed by atoms with Crippen LogP contribution in [0.1, 0.15) is 58.6 Å². The molecule has 0 aliphatic heterocycles. The summed E-state index contributed by atoms with van der Waals surface area (Å²) in [5.74, 6) is 1.09. The summed E-state index contributed by atoms with van der Waals surface area (Å²) in [6.07, 6.45) is 12.8. The van der Waals surface area contributed by atoms with E-state index in [1.165, 1.54) is 22.4 Å². The second-order valence-corrected chi connectivity index (χ2v) is 9.68. The maximum Gasteiger partial charge on any atom is 0.149 e. The quantitative estimate of drug-likeness (QED) is 0.398. The Morgan fingerprint density at radius 1 is 1.26 bits per heavy atom. The predicted molar refractivity (Wildman–Crippen MR) is 145 cm³/mol. The lowest BCUT2D eigenvalue weighted by molar-refractivity contribution is 0.413. The number of hydrogen-bond donors (Lipinski definition) is 1. The van der Waals surface area contributed by atoms with E-state index in [2.05, 4.69) is 91.1 Å². The van der Waals surface area contributed by atoms with E-state index in [0.717, 1.165) is 38.2 Å². The third kappa shape index (κ3) is 7.18. The first kappa shape index (κ1) is 26.0. The molecule has 1 aromatic carbocycles. The number of benzene rings is 1. The van der Waals surface area contributed by atoms with Gasteiger partial charge in [0.25, 0.3) is 0 Å². The van der Waals surface area contributed by atoms with E-state index >= 15 is 0 Å². The molecule has 3 rings (SSSR count). The molecule has 1 aliphatic rings. The number of anilines is 2. The molecule has 1 aliphatic carbocycles. The van der Waals surface area contributed by atoms with Crippen molar-refractivity contribution in [2.45, 2.75) is 59.4 Å². The lowest BCUT2D eigenvalue weighted by atomic mass is 9.81. The van der Waals surface area contributed by atoms with Gasteiger partial charge in [-0.2, -0.15) is 10.4 Å². The van der Waals surface area contributed by atoms with Gasteiger partial charge in [-0.15, -0.1) is 10.8 Å². The summed E-state index contributed by atoms with van der Waals surface area (Å²) < 4.78 is 0. The molecule has 0 radical (unpaired) electrons. The summed E-state index contributed by atoms with van der Waals surface area (Å²) >= 11 is 0. The fourth-order valence-electron chi connectivity index (χ4n) is 4.82. The minimum Gasteiger partial charge on any atom is -0.371 e. The van der Waals surface area contributed by atoms with Crippen LogP contribution in [0.15, 0.2) is 77.7 Å².